The first-order valence-corrected chi connectivity index (χ1v) is 10.9. The van der Waals surface area contributed by atoms with E-state index in [0.29, 0.717) is 35.1 Å². The van der Waals surface area contributed by atoms with Gasteiger partial charge in [0.25, 0.3) is 0 Å². The number of rotatable bonds is 8. The van der Waals surface area contributed by atoms with Crippen LogP contribution < -0.4 is 10.2 Å². The summed E-state index contributed by atoms with van der Waals surface area (Å²) in [5.74, 6) is -1.18. The van der Waals surface area contributed by atoms with E-state index in [1.54, 1.807) is 35.2 Å². The Kier molecular flexibility index (Phi) is 7.69. The summed E-state index contributed by atoms with van der Waals surface area (Å²) in [7, 11) is 0. The Morgan fingerprint density at radius 3 is 2.58 bits per heavy atom. The number of hydrogen-bond donors (Lipinski definition) is 1. The van der Waals surface area contributed by atoms with Crippen molar-refractivity contribution in [2.45, 2.75) is 39.5 Å². The van der Waals surface area contributed by atoms with Crippen LogP contribution in [-0.2, 0) is 14.3 Å². The van der Waals surface area contributed by atoms with Gasteiger partial charge >= 0.3 is 5.97 Å². The van der Waals surface area contributed by atoms with Gasteiger partial charge in [-0.1, -0.05) is 37.4 Å². The van der Waals surface area contributed by atoms with Gasteiger partial charge in [0.15, 0.2) is 0 Å². The van der Waals surface area contributed by atoms with Gasteiger partial charge in [0.05, 0.1) is 18.1 Å². The zero-order valence-corrected chi connectivity index (χ0v) is 18.6. The van der Waals surface area contributed by atoms with Gasteiger partial charge < -0.3 is 15.0 Å². The summed E-state index contributed by atoms with van der Waals surface area (Å²) in [4.78, 5) is 38.7. The molecule has 1 atom stereocenters. The maximum absolute atomic E-state index is 12.7. The zero-order chi connectivity index (χ0) is 22.4. The van der Waals surface area contributed by atoms with Crippen molar-refractivity contribution in [3.8, 4) is 0 Å². The molecule has 1 fully saturated rings. The number of nitrogens with zero attached hydrogens (tertiary/aromatic N) is 1. The number of halogens is 1. The van der Waals surface area contributed by atoms with E-state index in [2.05, 4.69) is 12.2 Å². The van der Waals surface area contributed by atoms with Crippen LogP contribution >= 0.6 is 11.6 Å². The summed E-state index contributed by atoms with van der Waals surface area (Å²) < 4.78 is 5.24. The van der Waals surface area contributed by atoms with Crippen molar-refractivity contribution in [1.29, 1.82) is 0 Å². The molecule has 0 radical (unpaired) electrons. The quantitative estimate of drug-likeness (QED) is 0.461. The van der Waals surface area contributed by atoms with E-state index < -0.39 is 5.92 Å². The summed E-state index contributed by atoms with van der Waals surface area (Å²) in [5.41, 5.74) is 2.63. The molecule has 0 aromatic heterocycles. The van der Waals surface area contributed by atoms with Crippen molar-refractivity contribution in [2.75, 3.05) is 23.4 Å². The van der Waals surface area contributed by atoms with E-state index in [-0.39, 0.29) is 24.2 Å². The average Bonchev–Trinajstić information content (AvgIpc) is 3.15. The molecule has 1 N–H and O–H groups in total. The lowest BCUT2D eigenvalue weighted by atomic mass is 10.1. The molecule has 0 unspecified atom stereocenters. The number of ether oxygens (including phenoxy) is 1. The fourth-order valence-electron chi connectivity index (χ4n) is 3.42. The van der Waals surface area contributed by atoms with Gasteiger partial charge in [-0.25, -0.2) is 4.79 Å². The van der Waals surface area contributed by atoms with Crippen molar-refractivity contribution < 1.29 is 19.1 Å². The number of esters is 1. The van der Waals surface area contributed by atoms with Gasteiger partial charge in [-0.15, -0.1) is 0 Å². The summed E-state index contributed by atoms with van der Waals surface area (Å²) >= 11 is 6.17. The first-order valence-electron chi connectivity index (χ1n) is 10.5. The Balaban J connectivity index is 1.56. The van der Waals surface area contributed by atoms with E-state index >= 15 is 0 Å². The number of anilines is 2. The molecule has 0 spiro atoms. The molecule has 31 heavy (non-hydrogen) atoms. The number of carbonyl (C=O) groups excluding carboxylic acids is 3. The number of unbranched alkanes of at least 4 members (excludes halogenated alkanes) is 2. The van der Waals surface area contributed by atoms with E-state index in [0.717, 1.165) is 24.8 Å². The predicted molar refractivity (Wildman–Crippen MR) is 122 cm³/mol. The van der Waals surface area contributed by atoms with E-state index in [1.165, 1.54) is 0 Å². The summed E-state index contributed by atoms with van der Waals surface area (Å²) in [6, 6.07) is 12.0. The van der Waals surface area contributed by atoms with E-state index in [1.807, 2.05) is 19.1 Å². The van der Waals surface area contributed by atoms with Crippen molar-refractivity contribution in [2.24, 2.45) is 5.92 Å². The van der Waals surface area contributed by atoms with E-state index in [4.69, 9.17) is 16.3 Å². The third kappa shape index (κ3) is 5.85. The third-order valence-corrected chi connectivity index (χ3v) is 5.74. The molecule has 3 rings (SSSR count). The number of benzene rings is 2. The van der Waals surface area contributed by atoms with Crippen LogP contribution in [0.5, 0.6) is 0 Å². The highest BCUT2D eigenvalue weighted by Crippen LogP contribution is 2.29. The highest BCUT2D eigenvalue weighted by atomic mass is 35.5. The normalized spacial score (nSPS) is 15.8. The molecule has 0 aliphatic carbocycles. The smallest absolute Gasteiger partial charge is 0.338 e. The van der Waals surface area contributed by atoms with Crippen molar-refractivity contribution >= 4 is 40.8 Å². The van der Waals surface area contributed by atoms with Crippen LogP contribution in [0.3, 0.4) is 0 Å². The van der Waals surface area contributed by atoms with Crippen LogP contribution in [0.1, 0.15) is 48.5 Å². The minimum absolute atomic E-state index is 0.110. The van der Waals surface area contributed by atoms with Crippen molar-refractivity contribution in [1.82, 2.24) is 0 Å². The SMILES string of the molecule is CCCCCOC(=O)c1ccc(NC(=O)[C@@H]2CC(=O)N(c3ccc(C)c(Cl)c3)C2)cc1. The highest BCUT2D eigenvalue weighted by molar-refractivity contribution is 6.31. The number of amides is 2. The van der Waals surface area contributed by atoms with Gasteiger partial charge in [-0.05, 0) is 55.3 Å². The van der Waals surface area contributed by atoms with Crippen molar-refractivity contribution in [3.05, 3.63) is 58.6 Å². The van der Waals surface area contributed by atoms with Crippen LogP contribution in [0.2, 0.25) is 5.02 Å². The summed E-state index contributed by atoms with van der Waals surface area (Å²) in [6.45, 7) is 4.69. The fraction of sp³-hybridized carbons (Fsp3) is 0.375. The number of carbonyl (C=O) groups is 3. The molecule has 1 aliphatic rings. The van der Waals surface area contributed by atoms with Gasteiger partial charge in [-0.2, -0.15) is 0 Å². The molecule has 0 bridgehead atoms. The zero-order valence-electron chi connectivity index (χ0n) is 17.8. The second-order valence-electron chi connectivity index (χ2n) is 7.75. The number of hydrogen-bond acceptors (Lipinski definition) is 4. The third-order valence-electron chi connectivity index (χ3n) is 5.33. The molecule has 6 nitrogen and oxygen atoms in total. The number of nitrogens with one attached hydrogen (secondary N) is 1. The van der Waals surface area contributed by atoms with Gasteiger partial charge in [-0.3, -0.25) is 9.59 Å². The molecular weight excluding hydrogens is 416 g/mol. The maximum atomic E-state index is 12.7. The Hall–Kier alpha value is -2.86. The molecule has 0 saturated carbocycles. The maximum Gasteiger partial charge on any atom is 0.338 e. The Morgan fingerprint density at radius 1 is 1.16 bits per heavy atom. The lowest BCUT2D eigenvalue weighted by Crippen LogP contribution is -2.28. The first-order chi connectivity index (χ1) is 14.9. The highest BCUT2D eigenvalue weighted by Gasteiger charge is 2.35. The largest absolute Gasteiger partial charge is 0.462 e. The minimum Gasteiger partial charge on any atom is -0.462 e. The van der Waals surface area contributed by atoms with Gasteiger partial charge in [0.1, 0.15) is 0 Å². The molecule has 164 valence electrons. The fourth-order valence-corrected chi connectivity index (χ4v) is 3.59. The predicted octanol–water partition coefficient (Wildman–Crippen LogP) is 4.99. The minimum atomic E-state index is -0.462. The van der Waals surface area contributed by atoms with Gasteiger partial charge in [0.2, 0.25) is 11.8 Å². The van der Waals surface area contributed by atoms with Crippen LogP contribution in [0, 0.1) is 12.8 Å². The number of aryl methyl sites for hydroxylation is 1. The van der Waals surface area contributed by atoms with Crippen LogP contribution in [0.25, 0.3) is 0 Å². The lowest BCUT2D eigenvalue weighted by molar-refractivity contribution is -0.122. The Morgan fingerprint density at radius 2 is 1.90 bits per heavy atom. The van der Waals surface area contributed by atoms with Crippen LogP contribution in [-0.4, -0.2) is 30.9 Å². The van der Waals surface area contributed by atoms with Crippen LogP contribution in [0.4, 0.5) is 11.4 Å². The Bertz CT molecular complexity index is 959. The monoisotopic (exact) mass is 442 g/mol. The lowest BCUT2D eigenvalue weighted by Gasteiger charge is -2.17. The topological polar surface area (TPSA) is 75.7 Å². The second-order valence-corrected chi connectivity index (χ2v) is 8.16. The summed E-state index contributed by atoms with van der Waals surface area (Å²) in [5, 5.41) is 3.41. The average molecular weight is 443 g/mol. The standard InChI is InChI=1S/C24H27ClN2O4/c1-3-4-5-12-31-24(30)17-7-9-19(10-8-17)26-23(29)18-13-22(28)27(15-18)20-11-6-16(2)21(25)14-20/h6-11,14,18H,3-5,12-13,15H2,1-2H3,(H,26,29)/t18-/m1/s1. The second kappa shape index (κ2) is 10.4. The molecular formula is C24H27ClN2O4. The molecule has 1 heterocycles. The first kappa shape index (κ1) is 22.8. The molecule has 1 aliphatic heterocycles. The molecule has 2 amide bonds. The van der Waals surface area contributed by atoms with E-state index in [9.17, 15) is 14.4 Å². The Labute approximate surface area is 187 Å². The van der Waals surface area contributed by atoms with Gasteiger partial charge in [0, 0.05) is 29.4 Å². The molecule has 1 saturated heterocycles. The summed E-state index contributed by atoms with van der Waals surface area (Å²) in [6.07, 6.45) is 3.08. The van der Waals surface area contributed by atoms with Crippen molar-refractivity contribution in [3.63, 3.8) is 0 Å². The molecule has 7 heteroatoms. The van der Waals surface area contributed by atoms with Crippen LogP contribution in [0.15, 0.2) is 42.5 Å². The molecule has 2 aromatic rings. The molecule has 2 aromatic carbocycles.